The molecule has 4 aromatic carbocycles. The second kappa shape index (κ2) is 8.09. The third kappa shape index (κ3) is 4.15. The number of ether oxygens (including phenoxy) is 1. The van der Waals surface area contributed by atoms with Crippen LogP contribution in [-0.4, -0.2) is 16.2 Å². The Kier molecular flexibility index (Phi) is 5.18. The van der Waals surface area contributed by atoms with Crippen molar-refractivity contribution in [3.8, 4) is 28.4 Å². The highest BCUT2D eigenvalue weighted by molar-refractivity contribution is 5.96. The number of phenolic OH excluding ortho intramolecular Hbond substituents is 1. The van der Waals surface area contributed by atoms with E-state index in [9.17, 15) is 14.3 Å². The number of carbonyl (C=O) groups is 1. The van der Waals surface area contributed by atoms with Gasteiger partial charge in [-0.25, -0.2) is 9.18 Å². The molecule has 0 atom stereocenters. The molecular formula is C25H17FO4. The van der Waals surface area contributed by atoms with E-state index in [1.54, 1.807) is 54.6 Å². The van der Waals surface area contributed by atoms with Crippen molar-refractivity contribution in [1.29, 1.82) is 0 Å². The highest BCUT2D eigenvalue weighted by atomic mass is 19.1. The molecule has 148 valence electrons. The molecule has 0 saturated carbocycles. The third-order valence-corrected chi connectivity index (χ3v) is 4.63. The first-order valence-electron chi connectivity index (χ1n) is 9.20. The van der Waals surface area contributed by atoms with Gasteiger partial charge in [0.2, 0.25) is 0 Å². The monoisotopic (exact) mass is 400 g/mol. The van der Waals surface area contributed by atoms with Crippen LogP contribution in [0.2, 0.25) is 0 Å². The number of benzene rings is 4. The maximum atomic E-state index is 13.4. The standard InChI is InChI=1S/C25H17FO4/c26-19-7-4-17(5-8-19)22-12-6-18-15-20(27)9-13-23(18)25(22)30-21-10-1-16(2-11-21)3-14-24(28)29/h1-15,27H,(H,28,29)/b14-3+. The van der Waals surface area contributed by atoms with Crippen LogP contribution in [0.4, 0.5) is 4.39 Å². The van der Waals surface area contributed by atoms with E-state index < -0.39 is 5.97 Å². The molecular weight excluding hydrogens is 383 g/mol. The van der Waals surface area contributed by atoms with Crippen molar-refractivity contribution in [2.24, 2.45) is 0 Å². The molecule has 0 aliphatic heterocycles. The van der Waals surface area contributed by atoms with Crippen LogP contribution >= 0.6 is 0 Å². The van der Waals surface area contributed by atoms with Gasteiger partial charge in [0.25, 0.3) is 0 Å². The number of aromatic hydroxyl groups is 1. The van der Waals surface area contributed by atoms with Gasteiger partial charge in [-0.15, -0.1) is 0 Å². The summed E-state index contributed by atoms with van der Waals surface area (Å²) in [4.78, 5) is 10.7. The molecule has 0 spiro atoms. The Bertz CT molecular complexity index is 1240. The quantitative estimate of drug-likeness (QED) is 0.389. The van der Waals surface area contributed by atoms with Gasteiger partial charge in [0.1, 0.15) is 23.1 Å². The summed E-state index contributed by atoms with van der Waals surface area (Å²) in [6, 6.07) is 21.9. The Morgan fingerprint density at radius 2 is 1.63 bits per heavy atom. The summed E-state index contributed by atoms with van der Waals surface area (Å²) < 4.78 is 19.6. The molecule has 4 aromatic rings. The van der Waals surface area contributed by atoms with Gasteiger partial charge in [0, 0.05) is 17.0 Å². The Morgan fingerprint density at radius 1 is 0.900 bits per heavy atom. The van der Waals surface area contributed by atoms with E-state index in [0.717, 1.165) is 33.5 Å². The largest absolute Gasteiger partial charge is 0.508 e. The van der Waals surface area contributed by atoms with Crippen LogP contribution < -0.4 is 4.74 Å². The second-order valence-corrected chi connectivity index (χ2v) is 6.70. The van der Waals surface area contributed by atoms with E-state index in [-0.39, 0.29) is 11.6 Å². The van der Waals surface area contributed by atoms with E-state index in [0.29, 0.717) is 11.5 Å². The van der Waals surface area contributed by atoms with Gasteiger partial charge in [-0.3, -0.25) is 0 Å². The highest BCUT2D eigenvalue weighted by Crippen LogP contribution is 2.40. The van der Waals surface area contributed by atoms with Crippen LogP contribution in [0, 0.1) is 5.82 Å². The summed E-state index contributed by atoms with van der Waals surface area (Å²) >= 11 is 0. The van der Waals surface area contributed by atoms with Crippen molar-refractivity contribution in [2.45, 2.75) is 0 Å². The fourth-order valence-electron chi connectivity index (χ4n) is 3.19. The summed E-state index contributed by atoms with van der Waals surface area (Å²) in [5.74, 6) is -0.0490. The first-order chi connectivity index (χ1) is 14.5. The smallest absolute Gasteiger partial charge is 0.328 e. The van der Waals surface area contributed by atoms with Gasteiger partial charge < -0.3 is 14.9 Å². The van der Waals surface area contributed by atoms with E-state index in [4.69, 9.17) is 9.84 Å². The van der Waals surface area contributed by atoms with Gasteiger partial charge in [0.05, 0.1) is 0 Å². The molecule has 0 amide bonds. The predicted octanol–water partition coefficient (Wildman–Crippen LogP) is 6.24. The zero-order chi connectivity index (χ0) is 21.1. The lowest BCUT2D eigenvalue weighted by molar-refractivity contribution is -0.131. The molecule has 2 N–H and O–H groups in total. The lowest BCUT2D eigenvalue weighted by atomic mass is 9.99. The molecule has 0 aliphatic carbocycles. The van der Waals surface area contributed by atoms with Crippen molar-refractivity contribution in [2.75, 3.05) is 0 Å². The van der Waals surface area contributed by atoms with E-state index in [2.05, 4.69) is 0 Å². The normalized spacial score (nSPS) is 11.1. The number of fused-ring (bicyclic) bond motifs is 1. The van der Waals surface area contributed by atoms with Crippen LogP contribution in [0.1, 0.15) is 5.56 Å². The van der Waals surface area contributed by atoms with Gasteiger partial charge in [-0.05, 0) is 71.1 Å². The van der Waals surface area contributed by atoms with Crippen molar-refractivity contribution in [3.63, 3.8) is 0 Å². The second-order valence-electron chi connectivity index (χ2n) is 6.70. The fourth-order valence-corrected chi connectivity index (χ4v) is 3.19. The lowest BCUT2D eigenvalue weighted by Crippen LogP contribution is -1.91. The molecule has 4 rings (SSSR count). The average molecular weight is 400 g/mol. The van der Waals surface area contributed by atoms with E-state index >= 15 is 0 Å². The van der Waals surface area contributed by atoms with Crippen molar-refractivity contribution in [3.05, 3.63) is 96.3 Å². The van der Waals surface area contributed by atoms with Crippen LogP contribution in [0.15, 0.2) is 84.9 Å². The average Bonchev–Trinajstić information content (AvgIpc) is 2.74. The topological polar surface area (TPSA) is 66.8 Å². The first-order valence-corrected chi connectivity index (χ1v) is 9.20. The van der Waals surface area contributed by atoms with Gasteiger partial charge in [0.15, 0.2) is 0 Å². The zero-order valence-corrected chi connectivity index (χ0v) is 15.7. The molecule has 30 heavy (non-hydrogen) atoms. The number of phenols is 1. The first kappa shape index (κ1) is 19.2. The number of hydrogen-bond donors (Lipinski definition) is 2. The van der Waals surface area contributed by atoms with Crippen molar-refractivity contribution in [1.82, 2.24) is 0 Å². The maximum Gasteiger partial charge on any atom is 0.328 e. The molecule has 0 heterocycles. The highest BCUT2D eigenvalue weighted by Gasteiger charge is 2.13. The maximum absolute atomic E-state index is 13.4. The molecule has 0 unspecified atom stereocenters. The SMILES string of the molecule is O=C(O)/C=C/c1ccc(Oc2c(-c3ccc(F)cc3)ccc3cc(O)ccc23)cc1. The third-order valence-electron chi connectivity index (χ3n) is 4.63. The number of rotatable bonds is 5. The molecule has 0 bridgehead atoms. The van der Waals surface area contributed by atoms with Crippen LogP contribution in [0.25, 0.3) is 28.0 Å². The molecule has 5 heteroatoms. The summed E-state index contributed by atoms with van der Waals surface area (Å²) in [6.07, 6.45) is 2.57. The van der Waals surface area contributed by atoms with Gasteiger partial charge in [-0.2, -0.15) is 0 Å². The molecule has 0 aromatic heterocycles. The van der Waals surface area contributed by atoms with Gasteiger partial charge >= 0.3 is 5.97 Å². The predicted molar refractivity (Wildman–Crippen MR) is 114 cm³/mol. The molecule has 4 nitrogen and oxygen atoms in total. The number of carboxylic acids is 1. The van der Waals surface area contributed by atoms with E-state index in [1.165, 1.54) is 18.2 Å². The minimum Gasteiger partial charge on any atom is -0.508 e. The van der Waals surface area contributed by atoms with Crippen LogP contribution in [0.5, 0.6) is 17.2 Å². The lowest BCUT2D eigenvalue weighted by Gasteiger charge is -2.15. The minimum absolute atomic E-state index is 0.151. The summed E-state index contributed by atoms with van der Waals surface area (Å²) in [7, 11) is 0. The zero-order valence-electron chi connectivity index (χ0n) is 15.7. The summed E-state index contributed by atoms with van der Waals surface area (Å²) in [5, 5.41) is 20.2. The minimum atomic E-state index is -1.02. The van der Waals surface area contributed by atoms with Crippen LogP contribution in [0.3, 0.4) is 0 Å². The Balaban J connectivity index is 1.78. The van der Waals surface area contributed by atoms with E-state index in [1.807, 2.05) is 12.1 Å². The summed E-state index contributed by atoms with van der Waals surface area (Å²) in [5.41, 5.74) is 2.30. The number of carboxylic acid groups (broad SMARTS) is 1. The van der Waals surface area contributed by atoms with Crippen LogP contribution in [-0.2, 0) is 4.79 Å². The molecule has 0 radical (unpaired) electrons. The van der Waals surface area contributed by atoms with Gasteiger partial charge in [-0.1, -0.05) is 30.3 Å². The Morgan fingerprint density at radius 3 is 2.33 bits per heavy atom. The molecule has 0 aliphatic rings. The Hall–Kier alpha value is -4.12. The number of aliphatic carboxylic acids is 1. The number of halogens is 1. The molecule has 0 fully saturated rings. The summed E-state index contributed by atoms with van der Waals surface area (Å²) in [6.45, 7) is 0. The molecule has 0 saturated heterocycles. The van der Waals surface area contributed by atoms with Crippen molar-refractivity contribution < 1.29 is 24.1 Å². The Labute approximate surface area is 172 Å². The number of hydrogen-bond acceptors (Lipinski definition) is 3. The fraction of sp³-hybridized carbons (Fsp3) is 0. The van der Waals surface area contributed by atoms with Crippen molar-refractivity contribution >= 4 is 22.8 Å².